The standard InChI is InChI=1S/C20H18N2O3S/c1-2-3-11-26-22-15-8-6-14(7-9-15)19-17(13-21)20(23)25-18(19)12-16-5-4-10-24-16/h4-10,12,22H,2-3,11H2,1H3/b18-12-. The minimum Gasteiger partial charge on any atom is -0.465 e. The van der Waals surface area contributed by atoms with Crippen LogP contribution in [0, 0.1) is 11.3 Å². The van der Waals surface area contributed by atoms with Gasteiger partial charge in [-0.2, -0.15) is 5.26 Å². The SMILES string of the molecule is CCCCSNc1ccc(C2=C(C#N)C(=O)O/C2=C\c2ccco2)cc1. The predicted octanol–water partition coefficient (Wildman–Crippen LogP) is 5.01. The van der Waals surface area contributed by atoms with Crippen molar-refractivity contribution < 1.29 is 13.9 Å². The van der Waals surface area contributed by atoms with E-state index in [0.717, 1.165) is 29.8 Å². The quantitative estimate of drug-likeness (QED) is 0.421. The van der Waals surface area contributed by atoms with Crippen molar-refractivity contribution in [3.05, 3.63) is 65.3 Å². The number of hydrogen-bond donors (Lipinski definition) is 1. The van der Waals surface area contributed by atoms with Gasteiger partial charge in [0.2, 0.25) is 0 Å². The van der Waals surface area contributed by atoms with E-state index in [0.29, 0.717) is 17.1 Å². The third-order valence-corrected chi connectivity index (χ3v) is 4.67. The smallest absolute Gasteiger partial charge is 0.355 e. The van der Waals surface area contributed by atoms with Crippen LogP contribution in [-0.4, -0.2) is 11.7 Å². The van der Waals surface area contributed by atoms with E-state index >= 15 is 0 Å². The summed E-state index contributed by atoms with van der Waals surface area (Å²) in [6, 6.07) is 13.0. The van der Waals surface area contributed by atoms with Crippen LogP contribution in [0.1, 0.15) is 31.1 Å². The third kappa shape index (κ3) is 4.01. The molecule has 2 aromatic rings. The third-order valence-electron chi connectivity index (χ3n) is 3.80. The lowest BCUT2D eigenvalue weighted by Crippen LogP contribution is -1.96. The lowest BCUT2D eigenvalue weighted by atomic mass is 9.99. The number of benzene rings is 1. The minimum absolute atomic E-state index is 0.000774. The monoisotopic (exact) mass is 366 g/mol. The second-order valence-electron chi connectivity index (χ2n) is 5.66. The Labute approximate surface area is 156 Å². The molecule has 0 radical (unpaired) electrons. The van der Waals surface area contributed by atoms with Crippen molar-refractivity contribution in [1.29, 1.82) is 5.26 Å². The zero-order chi connectivity index (χ0) is 18.4. The van der Waals surface area contributed by atoms with Crippen molar-refractivity contribution in [3.63, 3.8) is 0 Å². The van der Waals surface area contributed by atoms with Gasteiger partial charge in [-0.3, -0.25) is 0 Å². The number of rotatable bonds is 7. The first-order valence-corrected chi connectivity index (χ1v) is 9.32. The first-order chi connectivity index (χ1) is 12.7. The van der Waals surface area contributed by atoms with Gasteiger partial charge in [0.15, 0.2) is 0 Å². The maximum atomic E-state index is 12.0. The molecule has 0 atom stereocenters. The van der Waals surface area contributed by atoms with Gasteiger partial charge >= 0.3 is 5.97 Å². The second-order valence-corrected chi connectivity index (χ2v) is 6.56. The average Bonchev–Trinajstić information content (AvgIpc) is 3.27. The van der Waals surface area contributed by atoms with Crippen molar-refractivity contribution in [2.45, 2.75) is 19.8 Å². The van der Waals surface area contributed by atoms with Crippen molar-refractivity contribution >= 4 is 35.3 Å². The molecule has 0 unspecified atom stereocenters. The lowest BCUT2D eigenvalue weighted by Gasteiger charge is -2.08. The van der Waals surface area contributed by atoms with Crippen molar-refractivity contribution in [2.75, 3.05) is 10.5 Å². The van der Waals surface area contributed by atoms with Gasteiger partial charge in [0, 0.05) is 23.1 Å². The summed E-state index contributed by atoms with van der Waals surface area (Å²) in [6.07, 6.45) is 5.48. The number of nitrogens with one attached hydrogen (secondary N) is 1. The first kappa shape index (κ1) is 17.9. The van der Waals surface area contributed by atoms with Crippen LogP contribution in [0.2, 0.25) is 0 Å². The summed E-state index contributed by atoms with van der Waals surface area (Å²) < 4.78 is 13.8. The maximum Gasteiger partial charge on any atom is 0.355 e. The molecule has 6 heteroatoms. The molecule has 0 amide bonds. The molecule has 132 valence electrons. The van der Waals surface area contributed by atoms with Gasteiger partial charge in [-0.05, 0) is 36.2 Å². The Morgan fingerprint density at radius 3 is 2.73 bits per heavy atom. The summed E-state index contributed by atoms with van der Waals surface area (Å²) in [7, 11) is 0. The average molecular weight is 366 g/mol. The van der Waals surface area contributed by atoms with E-state index in [1.807, 2.05) is 30.3 Å². The van der Waals surface area contributed by atoms with Crippen LogP contribution in [0.5, 0.6) is 0 Å². The lowest BCUT2D eigenvalue weighted by molar-refractivity contribution is -0.132. The number of allylic oxidation sites excluding steroid dienone is 1. The highest BCUT2D eigenvalue weighted by Gasteiger charge is 2.31. The van der Waals surface area contributed by atoms with Gasteiger partial charge in [0.1, 0.15) is 23.2 Å². The number of carbonyl (C=O) groups is 1. The Morgan fingerprint density at radius 1 is 1.27 bits per heavy atom. The van der Waals surface area contributed by atoms with E-state index in [1.54, 1.807) is 30.2 Å². The number of hydrogen-bond acceptors (Lipinski definition) is 6. The molecule has 0 bridgehead atoms. The molecule has 1 aliphatic heterocycles. The largest absolute Gasteiger partial charge is 0.465 e. The Kier molecular flexibility index (Phi) is 5.82. The molecule has 3 rings (SSSR count). The number of esters is 1. The molecule has 1 N–H and O–H groups in total. The van der Waals surface area contributed by atoms with Crippen LogP contribution >= 0.6 is 11.9 Å². The number of furan rings is 1. The second kappa shape index (κ2) is 8.45. The molecule has 0 spiro atoms. The Balaban J connectivity index is 1.85. The van der Waals surface area contributed by atoms with Crippen molar-refractivity contribution in [1.82, 2.24) is 0 Å². The molecule has 0 saturated carbocycles. The van der Waals surface area contributed by atoms with E-state index in [-0.39, 0.29) is 5.57 Å². The molecule has 5 nitrogen and oxygen atoms in total. The van der Waals surface area contributed by atoms with E-state index in [1.165, 1.54) is 6.26 Å². The van der Waals surface area contributed by atoms with Gasteiger partial charge in [-0.1, -0.05) is 37.4 Å². The minimum atomic E-state index is -0.641. The topological polar surface area (TPSA) is 75.3 Å². The summed E-state index contributed by atoms with van der Waals surface area (Å²) in [4.78, 5) is 12.0. The molecule has 1 aromatic heterocycles. The number of ether oxygens (including phenoxy) is 1. The van der Waals surface area contributed by atoms with Gasteiger partial charge in [-0.25, -0.2) is 4.79 Å². The molecule has 1 aromatic carbocycles. The molecule has 1 aliphatic rings. The molecule has 0 saturated heterocycles. The highest BCUT2D eigenvalue weighted by Crippen LogP contribution is 2.36. The molecule has 0 fully saturated rings. The fourth-order valence-corrected chi connectivity index (χ4v) is 3.31. The number of nitriles is 1. The summed E-state index contributed by atoms with van der Waals surface area (Å²) in [6.45, 7) is 2.16. The van der Waals surface area contributed by atoms with Crippen molar-refractivity contribution in [2.24, 2.45) is 0 Å². The number of nitrogens with zero attached hydrogens (tertiary/aromatic N) is 1. The number of cyclic esters (lactones) is 1. The summed E-state index contributed by atoms with van der Waals surface area (Å²) >= 11 is 1.66. The maximum absolute atomic E-state index is 12.0. The fraction of sp³-hybridized carbons (Fsp3) is 0.200. The predicted molar refractivity (Wildman–Crippen MR) is 103 cm³/mol. The van der Waals surface area contributed by atoms with Gasteiger partial charge < -0.3 is 13.9 Å². The van der Waals surface area contributed by atoms with Crippen LogP contribution in [-0.2, 0) is 9.53 Å². The first-order valence-electron chi connectivity index (χ1n) is 8.33. The fourth-order valence-electron chi connectivity index (χ4n) is 2.48. The Hall–Kier alpha value is -2.91. The van der Waals surface area contributed by atoms with Crippen LogP contribution in [0.25, 0.3) is 11.6 Å². The van der Waals surface area contributed by atoms with Gasteiger partial charge in [0.25, 0.3) is 0 Å². The summed E-state index contributed by atoms with van der Waals surface area (Å²) in [5, 5.41) is 9.36. The van der Waals surface area contributed by atoms with Crippen LogP contribution in [0.4, 0.5) is 5.69 Å². The molecule has 2 heterocycles. The molecular weight excluding hydrogens is 348 g/mol. The highest BCUT2D eigenvalue weighted by molar-refractivity contribution is 8.00. The molecular formula is C20H18N2O3S. The summed E-state index contributed by atoms with van der Waals surface area (Å²) in [5.74, 6) is 1.27. The molecule has 26 heavy (non-hydrogen) atoms. The Morgan fingerprint density at radius 2 is 2.08 bits per heavy atom. The van der Waals surface area contributed by atoms with Crippen molar-refractivity contribution in [3.8, 4) is 6.07 Å². The van der Waals surface area contributed by atoms with E-state index in [4.69, 9.17) is 9.15 Å². The zero-order valence-corrected chi connectivity index (χ0v) is 15.1. The molecule has 0 aliphatic carbocycles. The number of unbranched alkanes of at least 4 members (excludes halogenated alkanes) is 1. The van der Waals surface area contributed by atoms with Gasteiger partial charge in [0.05, 0.1) is 6.26 Å². The van der Waals surface area contributed by atoms with E-state index < -0.39 is 5.97 Å². The summed E-state index contributed by atoms with van der Waals surface area (Å²) in [5.41, 5.74) is 2.20. The van der Waals surface area contributed by atoms with E-state index in [2.05, 4.69) is 11.6 Å². The van der Waals surface area contributed by atoms with Crippen LogP contribution in [0.3, 0.4) is 0 Å². The van der Waals surface area contributed by atoms with Crippen LogP contribution in [0.15, 0.2) is 58.4 Å². The van der Waals surface area contributed by atoms with E-state index in [9.17, 15) is 10.1 Å². The number of anilines is 1. The highest BCUT2D eigenvalue weighted by atomic mass is 32.2. The zero-order valence-electron chi connectivity index (χ0n) is 14.3. The number of carbonyl (C=O) groups excluding carboxylic acids is 1. The Bertz CT molecular complexity index is 875. The van der Waals surface area contributed by atoms with Gasteiger partial charge in [-0.15, -0.1) is 0 Å². The normalized spacial score (nSPS) is 15.2. The van der Waals surface area contributed by atoms with Crippen LogP contribution < -0.4 is 4.72 Å².